The summed E-state index contributed by atoms with van der Waals surface area (Å²) in [5, 5.41) is 10.0. The molecule has 1 aromatic heterocycles. The Kier molecular flexibility index (Phi) is 5.79. The van der Waals surface area contributed by atoms with Crippen LogP contribution >= 0.6 is 0 Å². The third-order valence-electron chi connectivity index (χ3n) is 6.89. The van der Waals surface area contributed by atoms with Crippen LogP contribution in [0, 0.1) is 11.3 Å². The average Bonchev–Trinajstić information content (AvgIpc) is 3.20. The standard InChI is InChI=1S/C20H33N5O3/c1-6-19(3,4)14-7-9-20(10-8-14)17(26)25(18(27)23-20)12-16-22-15(24-28-16)11-13(2)21-5/h13-14,21H,6-12H2,1-5H3,(H,23,27). The third kappa shape index (κ3) is 3.92. The Hall–Kier alpha value is -1.96. The van der Waals surface area contributed by atoms with E-state index < -0.39 is 5.54 Å². The van der Waals surface area contributed by atoms with Gasteiger partial charge in [0.25, 0.3) is 5.91 Å². The quantitative estimate of drug-likeness (QED) is 0.693. The minimum Gasteiger partial charge on any atom is -0.337 e. The van der Waals surface area contributed by atoms with Crippen molar-refractivity contribution in [3.05, 3.63) is 11.7 Å². The summed E-state index contributed by atoms with van der Waals surface area (Å²) in [6.45, 7) is 8.84. The zero-order valence-electron chi connectivity index (χ0n) is 17.7. The van der Waals surface area contributed by atoms with Crippen molar-refractivity contribution in [3.8, 4) is 0 Å². The second kappa shape index (κ2) is 7.81. The molecule has 2 heterocycles. The fraction of sp³-hybridized carbons (Fsp3) is 0.800. The lowest BCUT2D eigenvalue weighted by Gasteiger charge is -2.42. The fourth-order valence-electron chi connectivity index (χ4n) is 4.29. The third-order valence-corrected chi connectivity index (χ3v) is 6.89. The number of hydrogen-bond acceptors (Lipinski definition) is 6. The van der Waals surface area contributed by atoms with Crippen LogP contribution in [0.4, 0.5) is 4.79 Å². The van der Waals surface area contributed by atoms with Gasteiger partial charge in [-0.3, -0.25) is 9.69 Å². The number of imide groups is 1. The first-order chi connectivity index (χ1) is 13.2. The molecule has 0 radical (unpaired) electrons. The maximum atomic E-state index is 13.1. The highest BCUT2D eigenvalue weighted by atomic mass is 16.5. The largest absolute Gasteiger partial charge is 0.337 e. The molecule has 0 bridgehead atoms. The van der Waals surface area contributed by atoms with Crippen molar-refractivity contribution in [1.82, 2.24) is 25.7 Å². The van der Waals surface area contributed by atoms with Gasteiger partial charge in [-0.2, -0.15) is 4.98 Å². The predicted molar refractivity (Wildman–Crippen MR) is 104 cm³/mol. The molecule has 1 aromatic rings. The minimum absolute atomic E-state index is 0.0250. The number of nitrogens with one attached hydrogen (secondary N) is 2. The number of carbonyl (C=O) groups excluding carboxylic acids is 2. The number of nitrogens with zero attached hydrogens (tertiary/aromatic N) is 3. The molecule has 156 valence electrons. The van der Waals surface area contributed by atoms with Crippen LogP contribution < -0.4 is 10.6 Å². The van der Waals surface area contributed by atoms with Gasteiger partial charge in [-0.1, -0.05) is 32.3 Å². The summed E-state index contributed by atoms with van der Waals surface area (Å²) in [6, 6.07) is -0.144. The summed E-state index contributed by atoms with van der Waals surface area (Å²) in [7, 11) is 1.87. The van der Waals surface area contributed by atoms with E-state index in [1.807, 2.05) is 14.0 Å². The highest BCUT2D eigenvalue weighted by Crippen LogP contribution is 2.45. The zero-order chi connectivity index (χ0) is 20.5. The number of carbonyl (C=O) groups is 2. The van der Waals surface area contributed by atoms with Gasteiger partial charge in [0.2, 0.25) is 5.89 Å². The van der Waals surface area contributed by atoms with E-state index in [4.69, 9.17) is 4.52 Å². The maximum absolute atomic E-state index is 13.1. The Labute approximate surface area is 166 Å². The SMILES string of the molecule is CCC(C)(C)C1CCC2(CC1)NC(=O)N(Cc1nc(CC(C)NC)no1)C2=O. The van der Waals surface area contributed by atoms with Gasteiger partial charge in [0.1, 0.15) is 12.1 Å². The molecule has 3 rings (SSSR count). The van der Waals surface area contributed by atoms with E-state index in [1.165, 1.54) is 4.90 Å². The minimum atomic E-state index is -0.763. The Morgan fingerprint density at radius 1 is 1.36 bits per heavy atom. The van der Waals surface area contributed by atoms with Crippen LogP contribution in [0.3, 0.4) is 0 Å². The van der Waals surface area contributed by atoms with Crippen molar-refractivity contribution in [2.24, 2.45) is 11.3 Å². The molecule has 2 fully saturated rings. The monoisotopic (exact) mass is 391 g/mol. The molecule has 0 aromatic carbocycles. The van der Waals surface area contributed by atoms with Crippen molar-refractivity contribution in [3.63, 3.8) is 0 Å². The van der Waals surface area contributed by atoms with Crippen LogP contribution in [-0.2, 0) is 17.8 Å². The Morgan fingerprint density at radius 2 is 2.04 bits per heavy atom. The molecule has 1 saturated carbocycles. The Balaban J connectivity index is 1.65. The van der Waals surface area contributed by atoms with E-state index in [2.05, 4.69) is 41.5 Å². The highest BCUT2D eigenvalue weighted by Gasteiger charge is 2.53. The fourth-order valence-corrected chi connectivity index (χ4v) is 4.29. The molecule has 8 heteroatoms. The average molecular weight is 392 g/mol. The zero-order valence-corrected chi connectivity index (χ0v) is 17.7. The molecule has 28 heavy (non-hydrogen) atoms. The smallest absolute Gasteiger partial charge is 0.325 e. The van der Waals surface area contributed by atoms with Crippen LogP contribution in [-0.4, -0.2) is 45.6 Å². The lowest BCUT2D eigenvalue weighted by atomic mass is 9.65. The van der Waals surface area contributed by atoms with E-state index >= 15 is 0 Å². The molecule has 1 spiro atoms. The Bertz CT molecular complexity index is 721. The van der Waals surface area contributed by atoms with Crippen LogP contribution in [0.25, 0.3) is 0 Å². The molecule has 2 aliphatic rings. The molecular formula is C20H33N5O3. The number of amides is 3. The van der Waals surface area contributed by atoms with Crippen molar-refractivity contribution in [2.45, 2.75) is 84.3 Å². The number of aromatic nitrogens is 2. The highest BCUT2D eigenvalue weighted by molar-refractivity contribution is 6.06. The molecule has 1 aliphatic heterocycles. The van der Waals surface area contributed by atoms with Gasteiger partial charge in [-0.15, -0.1) is 0 Å². The first-order valence-electron chi connectivity index (χ1n) is 10.3. The molecule has 1 aliphatic carbocycles. The van der Waals surface area contributed by atoms with Crippen LogP contribution in [0.2, 0.25) is 0 Å². The maximum Gasteiger partial charge on any atom is 0.325 e. The van der Waals surface area contributed by atoms with Crippen molar-refractivity contribution in [1.29, 1.82) is 0 Å². The van der Waals surface area contributed by atoms with Crippen LogP contribution in [0.1, 0.15) is 71.5 Å². The first-order valence-corrected chi connectivity index (χ1v) is 10.3. The Morgan fingerprint density at radius 3 is 2.64 bits per heavy atom. The molecule has 1 saturated heterocycles. The molecule has 1 atom stereocenters. The van der Waals surface area contributed by atoms with E-state index in [0.29, 0.717) is 36.9 Å². The number of likely N-dealkylation sites (N-methyl/N-ethyl adjacent to an activating group) is 1. The van der Waals surface area contributed by atoms with Gasteiger partial charge in [0, 0.05) is 12.5 Å². The summed E-state index contributed by atoms with van der Waals surface area (Å²) < 4.78 is 5.26. The van der Waals surface area contributed by atoms with E-state index in [0.717, 1.165) is 19.3 Å². The predicted octanol–water partition coefficient (Wildman–Crippen LogP) is 2.64. The van der Waals surface area contributed by atoms with Gasteiger partial charge >= 0.3 is 6.03 Å². The molecule has 8 nitrogen and oxygen atoms in total. The topological polar surface area (TPSA) is 100 Å². The second-order valence-electron chi connectivity index (χ2n) is 9.02. The van der Waals surface area contributed by atoms with E-state index in [9.17, 15) is 9.59 Å². The lowest BCUT2D eigenvalue weighted by Crippen LogP contribution is -2.50. The first kappa shape index (κ1) is 20.8. The second-order valence-corrected chi connectivity index (χ2v) is 9.02. The number of hydrogen-bond donors (Lipinski definition) is 2. The van der Waals surface area contributed by atoms with E-state index in [1.54, 1.807) is 0 Å². The summed E-state index contributed by atoms with van der Waals surface area (Å²) in [5.74, 6) is 1.28. The molecule has 3 amide bonds. The van der Waals surface area contributed by atoms with Crippen molar-refractivity contribution in [2.75, 3.05) is 7.05 Å². The summed E-state index contributed by atoms with van der Waals surface area (Å²) in [5.41, 5.74) is -0.501. The summed E-state index contributed by atoms with van der Waals surface area (Å²) in [4.78, 5) is 31.2. The van der Waals surface area contributed by atoms with Gasteiger partial charge in [0.15, 0.2) is 5.82 Å². The summed E-state index contributed by atoms with van der Waals surface area (Å²) in [6.07, 6.45) is 5.02. The molecule has 2 N–H and O–H groups in total. The van der Waals surface area contributed by atoms with Crippen molar-refractivity contribution < 1.29 is 14.1 Å². The van der Waals surface area contributed by atoms with Crippen LogP contribution in [0.5, 0.6) is 0 Å². The van der Waals surface area contributed by atoms with Gasteiger partial charge < -0.3 is 15.2 Å². The van der Waals surface area contributed by atoms with Crippen molar-refractivity contribution >= 4 is 11.9 Å². The number of rotatable bonds is 7. The summed E-state index contributed by atoms with van der Waals surface area (Å²) >= 11 is 0. The van der Waals surface area contributed by atoms with Crippen LogP contribution in [0.15, 0.2) is 4.52 Å². The van der Waals surface area contributed by atoms with Gasteiger partial charge in [-0.25, -0.2) is 4.79 Å². The normalized spacial score (nSPS) is 26.8. The van der Waals surface area contributed by atoms with E-state index in [-0.39, 0.29) is 29.9 Å². The lowest BCUT2D eigenvalue weighted by molar-refractivity contribution is -0.133. The van der Waals surface area contributed by atoms with Gasteiger partial charge in [-0.05, 0) is 51.0 Å². The molecule has 1 unspecified atom stereocenters. The molecular weight excluding hydrogens is 358 g/mol. The number of urea groups is 1. The van der Waals surface area contributed by atoms with Gasteiger partial charge in [0.05, 0.1) is 0 Å².